The summed E-state index contributed by atoms with van der Waals surface area (Å²) >= 11 is 3.17. The lowest BCUT2D eigenvalue weighted by Crippen LogP contribution is -2.30. The second-order valence-corrected chi connectivity index (χ2v) is 7.00. The molecule has 138 valence electrons. The lowest BCUT2D eigenvalue weighted by atomic mass is 10.1. The Kier molecular flexibility index (Phi) is 4.53. The van der Waals surface area contributed by atoms with E-state index >= 15 is 0 Å². The van der Waals surface area contributed by atoms with Gasteiger partial charge in [0.15, 0.2) is 0 Å². The molecule has 3 aromatic rings. The number of nitrogens with zero attached hydrogens (tertiary/aromatic N) is 4. The number of benzene rings is 1. The summed E-state index contributed by atoms with van der Waals surface area (Å²) in [6, 6.07) is 7.55. The summed E-state index contributed by atoms with van der Waals surface area (Å²) in [5.41, 5.74) is 0.680. The van der Waals surface area contributed by atoms with Gasteiger partial charge in [-0.1, -0.05) is 11.2 Å². The van der Waals surface area contributed by atoms with Gasteiger partial charge < -0.3 is 19.6 Å². The number of amides is 1. The molecule has 4 rings (SSSR count). The van der Waals surface area contributed by atoms with Crippen molar-refractivity contribution in [3.05, 3.63) is 52.5 Å². The molecule has 2 aromatic heterocycles. The van der Waals surface area contributed by atoms with Crippen LogP contribution in [0.3, 0.4) is 0 Å². The molecular weight excluding hydrogens is 416 g/mol. The maximum Gasteiger partial charge on any atom is 0.258 e. The lowest BCUT2D eigenvalue weighted by molar-refractivity contribution is 0.0707. The molecule has 1 saturated heterocycles. The quantitative estimate of drug-likeness (QED) is 0.655. The summed E-state index contributed by atoms with van der Waals surface area (Å²) in [5, 5.41) is 23.7. The molecule has 1 fully saturated rings. The molecule has 8 nitrogen and oxygen atoms in total. The molecule has 1 atom stereocenters. The van der Waals surface area contributed by atoms with E-state index in [-0.39, 0.29) is 29.0 Å². The summed E-state index contributed by atoms with van der Waals surface area (Å²) in [7, 11) is 0. The van der Waals surface area contributed by atoms with Gasteiger partial charge in [0.1, 0.15) is 23.2 Å². The van der Waals surface area contributed by atoms with Crippen molar-refractivity contribution < 1.29 is 19.5 Å². The summed E-state index contributed by atoms with van der Waals surface area (Å²) in [6.45, 7) is 0.503. The first kappa shape index (κ1) is 17.5. The summed E-state index contributed by atoms with van der Waals surface area (Å²) in [4.78, 5) is 23.1. The number of hydrogen-bond acceptors (Lipinski definition) is 7. The molecule has 0 spiro atoms. The number of likely N-dealkylation sites (tertiary alicyclic amines) is 1. The van der Waals surface area contributed by atoms with Crippen LogP contribution in [-0.2, 0) is 0 Å². The third-order valence-corrected chi connectivity index (χ3v) is 5.07. The van der Waals surface area contributed by atoms with Gasteiger partial charge in [0.05, 0.1) is 10.0 Å². The van der Waals surface area contributed by atoms with E-state index in [1.165, 1.54) is 6.07 Å². The maximum atomic E-state index is 13.0. The number of aromatic nitrogens is 3. The van der Waals surface area contributed by atoms with Gasteiger partial charge >= 0.3 is 0 Å². The molecule has 1 aliphatic rings. The first-order valence-corrected chi connectivity index (χ1v) is 9.11. The highest BCUT2D eigenvalue weighted by Gasteiger charge is 2.35. The van der Waals surface area contributed by atoms with Crippen molar-refractivity contribution in [2.45, 2.75) is 18.9 Å². The van der Waals surface area contributed by atoms with E-state index in [4.69, 9.17) is 4.52 Å². The van der Waals surface area contributed by atoms with Crippen molar-refractivity contribution in [3.8, 4) is 23.0 Å². The first-order chi connectivity index (χ1) is 13.0. The Morgan fingerprint density at radius 2 is 2.11 bits per heavy atom. The molecule has 2 N–H and O–H groups in total. The van der Waals surface area contributed by atoms with Crippen LogP contribution in [0.4, 0.5) is 0 Å². The maximum absolute atomic E-state index is 13.0. The molecular formula is C18H15BrN4O4. The first-order valence-electron chi connectivity index (χ1n) is 8.32. The van der Waals surface area contributed by atoms with E-state index in [0.717, 1.165) is 12.5 Å². The third kappa shape index (κ3) is 3.25. The highest BCUT2D eigenvalue weighted by Crippen LogP contribution is 2.37. The second-order valence-electron chi connectivity index (χ2n) is 6.15. The third-order valence-electron chi connectivity index (χ3n) is 4.43. The van der Waals surface area contributed by atoms with Crippen molar-refractivity contribution in [3.63, 3.8) is 0 Å². The number of hydrogen-bond donors (Lipinski definition) is 2. The van der Waals surface area contributed by atoms with Crippen molar-refractivity contribution in [1.82, 2.24) is 20.0 Å². The average Bonchev–Trinajstić information content (AvgIpc) is 3.34. The zero-order valence-corrected chi connectivity index (χ0v) is 15.6. The molecule has 1 aromatic carbocycles. The van der Waals surface area contributed by atoms with Gasteiger partial charge in [-0.15, -0.1) is 0 Å². The Bertz CT molecular complexity index is 992. The normalized spacial score (nSPS) is 16.6. The van der Waals surface area contributed by atoms with E-state index < -0.39 is 0 Å². The van der Waals surface area contributed by atoms with E-state index in [1.54, 1.807) is 23.2 Å². The van der Waals surface area contributed by atoms with Gasteiger partial charge in [0.2, 0.25) is 11.7 Å². The number of carbonyl (C=O) groups is 1. The molecule has 0 aliphatic carbocycles. The van der Waals surface area contributed by atoms with Gasteiger partial charge in [0, 0.05) is 18.8 Å². The van der Waals surface area contributed by atoms with Crippen LogP contribution in [-0.4, -0.2) is 42.7 Å². The average molecular weight is 431 g/mol. The highest BCUT2D eigenvalue weighted by atomic mass is 79.9. The van der Waals surface area contributed by atoms with Crippen molar-refractivity contribution in [1.29, 1.82) is 0 Å². The van der Waals surface area contributed by atoms with Crippen molar-refractivity contribution >= 4 is 21.8 Å². The largest absolute Gasteiger partial charge is 0.507 e. The number of carbonyl (C=O) groups excluding carboxylic acids is 1. The molecule has 0 radical (unpaired) electrons. The summed E-state index contributed by atoms with van der Waals surface area (Å²) in [6.07, 6.45) is 3.09. The number of rotatable bonds is 3. The Balaban J connectivity index is 1.62. The molecule has 1 amide bonds. The fraction of sp³-hybridized carbons (Fsp3) is 0.222. The van der Waals surface area contributed by atoms with Gasteiger partial charge in [-0.3, -0.25) is 9.78 Å². The number of phenols is 2. The smallest absolute Gasteiger partial charge is 0.258 e. The van der Waals surface area contributed by atoms with E-state index in [0.29, 0.717) is 34.8 Å². The van der Waals surface area contributed by atoms with Crippen LogP contribution in [0.2, 0.25) is 0 Å². The summed E-state index contributed by atoms with van der Waals surface area (Å²) in [5.74, 6) is -0.0998. The van der Waals surface area contributed by atoms with Crippen LogP contribution in [0.25, 0.3) is 11.5 Å². The van der Waals surface area contributed by atoms with Crippen LogP contribution in [0.1, 0.15) is 35.1 Å². The zero-order valence-electron chi connectivity index (χ0n) is 14.0. The predicted molar refractivity (Wildman–Crippen MR) is 98.0 cm³/mol. The van der Waals surface area contributed by atoms with Crippen LogP contribution >= 0.6 is 15.9 Å². The van der Waals surface area contributed by atoms with E-state index in [1.807, 2.05) is 6.07 Å². The zero-order chi connectivity index (χ0) is 19.0. The number of halogens is 1. The Morgan fingerprint density at radius 3 is 2.89 bits per heavy atom. The fourth-order valence-electron chi connectivity index (χ4n) is 3.11. The van der Waals surface area contributed by atoms with Gasteiger partial charge in [-0.2, -0.15) is 4.98 Å². The van der Waals surface area contributed by atoms with E-state index in [9.17, 15) is 15.0 Å². The predicted octanol–water partition coefficient (Wildman–Crippen LogP) is 3.28. The SMILES string of the molecule is O=C(c1cc(Br)c(O)cc1O)N1CCCC1c1nc(-c2ccccn2)no1. The molecule has 0 saturated carbocycles. The Morgan fingerprint density at radius 1 is 1.26 bits per heavy atom. The standard InChI is InChI=1S/C18H15BrN4O4/c19-11-8-10(14(24)9-15(11)25)18(26)23-7-3-5-13(23)17-21-16(22-27-17)12-4-1-2-6-20-12/h1-2,4,6,8-9,13,24-25H,3,5,7H2. The highest BCUT2D eigenvalue weighted by molar-refractivity contribution is 9.10. The molecule has 1 aliphatic heterocycles. The molecule has 0 bridgehead atoms. The minimum Gasteiger partial charge on any atom is -0.507 e. The summed E-state index contributed by atoms with van der Waals surface area (Å²) < 4.78 is 5.71. The molecule has 9 heteroatoms. The molecule has 27 heavy (non-hydrogen) atoms. The van der Waals surface area contributed by atoms with Crippen LogP contribution in [0.5, 0.6) is 11.5 Å². The Labute approximate surface area is 162 Å². The Hall–Kier alpha value is -2.94. The van der Waals surface area contributed by atoms with Crippen LogP contribution in [0.15, 0.2) is 45.5 Å². The number of pyridine rings is 1. The number of phenolic OH excluding ortho intramolecular Hbond substituents is 2. The second kappa shape index (κ2) is 6.99. The minimum absolute atomic E-state index is 0.0936. The minimum atomic E-state index is -0.380. The molecule has 3 heterocycles. The monoisotopic (exact) mass is 430 g/mol. The van der Waals surface area contributed by atoms with Crippen LogP contribution < -0.4 is 0 Å². The lowest BCUT2D eigenvalue weighted by Gasteiger charge is -2.22. The topological polar surface area (TPSA) is 113 Å². The van der Waals surface area contributed by atoms with Gasteiger partial charge in [-0.05, 0) is 47.0 Å². The van der Waals surface area contributed by atoms with Crippen molar-refractivity contribution in [2.24, 2.45) is 0 Å². The van der Waals surface area contributed by atoms with Gasteiger partial charge in [-0.25, -0.2) is 0 Å². The van der Waals surface area contributed by atoms with Crippen molar-refractivity contribution in [2.75, 3.05) is 6.54 Å². The van der Waals surface area contributed by atoms with Crippen LogP contribution in [0, 0.1) is 0 Å². The fourth-order valence-corrected chi connectivity index (χ4v) is 3.46. The van der Waals surface area contributed by atoms with Gasteiger partial charge in [0.25, 0.3) is 5.91 Å². The number of aromatic hydroxyl groups is 2. The van der Waals surface area contributed by atoms with E-state index in [2.05, 4.69) is 31.1 Å². The molecule has 1 unspecified atom stereocenters.